The topological polar surface area (TPSA) is 61.0 Å². The molecule has 2 aromatic rings. The quantitative estimate of drug-likeness (QED) is 0.909. The predicted octanol–water partition coefficient (Wildman–Crippen LogP) is 2.70. The third-order valence-electron chi connectivity index (χ3n) is 4.96. The van der Waals surface area contributed by atoms with Gasteiger partial charge in [-0.25, -0.2) is 0 Å². The highest BCUT2D eigenvalue weighted by atomic mass is 35.5. The summed E-state index contributed by atoms with van der Waals surface area (Å²) in [5, 5.41) is 11.0. The minimum atomic E-state index is -0.0656. The summed E-state index contributed by atoms with van der Waals surface area (Å²) >= 11 is 5.94. The molecule has 2 aliphatic heterocycles. The molecule has 1 aromatic heterocycles. The van der Waals surface area contributed by atoms with Crippen LogP contribution in [0.1, 0.15) is 29.6 Å². The third kappa shape index (κ3) is 2.75. The Balaban J connectivity index is 1.58. The highest BCUT2D eigenvalue weighted by Crippen LogP contribution is 2.32. The summed E-state index contributed by atoms with van der Waals surface area (Å²) in [6.45, 7) is 3.20. The first-order valence-electron chi connectivity index (χ1n) is 7.99. The molecule has 2 fully saturated rings. The van der Waals surface area contributed by atoms with Crippen LogP contribution in [0.25, 0.3) is 11.3 Å². The second-order valence-electron chi connectivity index (χ2n) is 6.53. The number of hydrogen-bond acceptors (Lipinski definition) is 3. The molecule has 1 amide bonds. The molecule has 2 saturated heterocycles. The Morgan fingerprint density at radius 3 is 2.91 bits per heavy atom. The number of piperidine rings is 1. The van der Waals surface area contributed by atoms with E-state index in [0.29, 0.717) is 10.6 Å². The van der Waals surface area contributed by atoms with Crippen LogP contribution in [-0.4, -0.2) is 46.2 Å². The second kappa shape index (κ2) is 5.65. The molecular weight excluding hydrogens is 312 g/mol. The van der Waals surface area contributed by atoms with Crippen molar-refractivity contribution in [2.24, 2.45) is 0 Å². The van der Waals surface area contributed by atoms with Gasteiger partial charge in [-0.2, -0.15) is 5.10 Å². The van der Waals surface area contributed by atoms with Crippen LogP contribution in [-0.2, 0) is 0 Å². The van der Waals surface area contributed by atoms with Crippen LogP contribution in [0.15, 0.2) is 30.5 Å². The van der Waals surface area contributed by atoms with Gasteiger partial charge in [0, 0.05) is 23.7 Å². The van der Waals surface area contributed by atoms with E-state index in [-0.39, 0.29) is 11.4 Å². The van der Waals surface area contributed by atoms with Gasteiger partial charge in [-0.3, -0.25) is 9.89 Å². The Hall–Kier alpha value is -1.85. The van der Waals surface area contributed by atoms with Crippen LogP contribution in [0.3, 0.4) is 0 Å². The molecule has 120 valence electrons. The number of hydrogen-bond donors (Lipinski definition) is 2. The maximum absolute atomic E-state index is 12.8. The van der Waals surface area contributed by atoms with Crippen LogP contribution in [0.2, 0.25) is 5.02 Å². The molecule has 1 aromatic carbocycles. The largest absolute Gasteiger partial charge is 0.345 e. The fourth-order valence-corrected chi connectivity index (χ4v) is 3.89. The molecule has 4 rings (SSSR count). The van der Waals surface area contributed by atoms with E-state index in [4.69, 9.17) is 11.6 Å². The van der Waals surface area contributed by atoms with Gasteiger partial charge in [0.2, 0.25) is 0 Å². The number of rotatable bonds is 3. The first-order chi connectivity index (χ1) is 11.2. The number of benzene rings is 1. The van der Waals surface area contributed by atoms with E-state index < -0.39 is 0 Å². The van der Waals surface area contributed by atoms with Crippen LogP contribution in [0.5, 0.6) is 0 Å². The van der Waals surface area contributed by atoms with Gasteiger partial charge in [-0.1, -0.05) is 23.7 Å². The van der Waals surface area contributed by atoms with E-state index in [0.717, 1.165) is 50.2 Å². The van der Waals surface area contributed by atoms with E-state index in [2.05, 4.69) is 20.4 Å². The van der Waals surface area contributed by atoms with E-state index in [1.54, 1.807) is 6.20 Å². The van der Waals surface area contributed by atoms with Gasteiger partial charge in [0.05, 0.1) is 23.0 Å². The van der Waals surface area contributed by atoms with Crippen molar-refractivity contribution >= 4 is 17.5 Å². The van der Waals surface area contributed by atoms with Gasteiger partial charge in [0.1, 0.15) is 0 Å². The minimum absolute atomic E-state index is 0.0487. The lowest BCUT2D eigenvalue weighted by Crippen LogP contribution is -2.52. The summed E-state index contributed by atoms with van der Waals surface area (Å²) in [5.41, 5.74) is 2.17. The van der Waals surface area contributed by atoms with Gasteiger partial charge in [-0.15, -0.1) is 0 Å². The van der Waals surface area contributed by atoms with Crippen LogP contribution < -0.4 is 5.32 Å². The molecular formula is C17H19ClN4O. The van der Waals surface area contributed by atoms with Crippen LogP contribution in [0, 0.1) is 0 Å². The number of aromatic nitrogens is 2. The summed E-state index contributed by atoms with van der Waals surface area (Å²) in [5.74, 6) is -0.0487. The fraction of sp³-hybridized carbons (Fsp3) is 0.412. The van der Waals surface area contributed by atoms with Crippen LogP contribution in [0.4, 0.5) is 0 Å². The molecule has 0 radical (unpaired) electrons. The number of carbonyl (C=O) groups is 1. The number of carbonyl (C=O) groups excluding carboxylic acids is 1. The molecule has 2 unspecified atom stereocenters. The summed E-state index contributed by atoms with van der Waals surface area (Å²) in [6.07, 6.45) is 4.84. The van der Waals surface area contributed by atoms with Crippen molar-refractivity contribution in [3.63, 3.8) is 0 Å². The maximum atomic E-state index is 12.8. The average molecular weight is 331 g/mol. The Morgan fingerprint density at radius 2 is 2.09 bits per heavy atom. The number of H-pyrrole nitrogens is 1. The molecule has 0 saturated carbocycles. The van der Waals surface area contributed by atoms with Gasteiger partial charge in [-0.05, 0) is 37.9 Å². The Labute approximate surface area is 140 Å². The molecule has 0 aliphatic carbocycles. The number of nitrogens with one attached hydrogen (secondary N) is 2. The number of amides is 1. The normalized spacial score (nSPS) is 26.2. The molecule has 2 bridgehead atoms. The zero-order valence-electron chi connectivity index (χ0n) is 12.8. The number of aromatic amines is 1. The van der Waals surface area contributed by atoms with Crippen molar-refractivity contribution in [1.29, 1.82) is 0 Å². The third-order valence-corrected chi connectivity index (χ3v) is 5.21. The van der Waals surface area contributed by atoms with E-state index >= 15 is 0 Å². The Bertz CT molecular complexity index is 722. The summed E-state index contributed by atoms with van der Waals surface area (Å²) in [4.78, 5) is 15.2. The number of fused-ring (bicyclic) bond motifs is 2. The van der Waals surface area contributed by atoms with E-state index in [1.807, 2.05) is 24.3 Å². The standard InChI is InChI=1S/C17H19ClN4O/c18-13-4-2-12(3-5-13)15-14(10-19-21-15)16(23)20-17-6-1-8-22(11-17)9-7-17/h2-5,10H,1,6-9,11H2,(H,19,21)(H,20,23). The highest BCUT2D eigenvalue weighted by molar-refractivity contribution is 6.30. The van der Waals surface area contributed by atoms with Crippen molar-refractivity contribution in [2.45, 2.75) is 24.8 Å². The number of halogens is 1. The molecule has 2 aliphatic rings. The van der Waals surface area contributed by atoms with Crippen LogP contribution >= 0.6 is 11.6 Å². The number of nitrogens with zero attached hydrogens (tertiary/aromatic N) is 2. The Kier molecular flexibility index (Phi) is 3.62. The van der Waals surface area contributed by atoms with Crippen molar-refractivity contribution in [3.05, 3.63) is 41.0 Å². The molecule has 6 heteroatoms. The molecule has 2 atom stereocenters. The zero-order valence-corrected chi connectivity index (χ0v) is 13.6. The monoisotopic (exact) mass is 330 g/mol. The van der Waals surface area contributed by atoms with Gasteiger partial charge < -0.3 is 10.2 Å². The summed E-state index contributed by atoms with van der Waals surface area (Å²) in [6, 6.07) is 7.41. The van der Waals surface area contributed by atoms with E-state index in [1.165, 1.54) is 0 Å². The highest BCUT2D eigenvalue weighted by Gasteiger charge is 2.42. The molecule has 0 spiro atoms. The predicted molar refractivity (Wildman–Crippen MR) is 89.5 cm³/mol. The summed E-state index contributed by atoms with van der Waals surface area (Å²) < 4.78 is 0. The smallest absolute Gasteiger partial charge is 0.255 e. The molecule has 2 N–H and O–H groups in total. The molecule has 5 nitrogen and oxygen atoms in total. The lowest BCUT2D eigenvalue weighted by Gasteiger charge is -2.34. The first-order valence-corrected chi connectivity index (χ1v) is 8.37. The molecule has 3 heterocycles. The van der Waals surface area contributed by atoms with E-state index in [9.17, 15) is 4.79 Å². The average Bonchev–Trinajstić information content (AvgIpc) is 3.13. The van der Waals surface area contributed by atoms with Gasteiger partial charge in [0.25, 0.3) is 5.91 Å². The Morgan fingerprint density at radius 1 is 1.26 bits per heavy atom. The fourth-order valence-electron chi connectivity index (χ4n) is 3.76. The van der Waals surface area contributed by atoms with Crippen molar-refractivity contribution in [3.8, 4) is 11.3 Å². The SMILES string of the molecule is O=C(NC12CCCN(CC1)C2)c1cn[nH]c1-c1ccc(Cl)cc1. The second-order valence-corrected chi connectivity index (χ2v) is 6.97. The lowest BCUT2D eigenvalue weighted by atomic mass is 9.90. The van der Waals surface area contributed by atoms with Crippen molar-refractivity contribution in [2.75, 3.05) is 19.6 Å². The van der Waals surface area contributed by atoms with Gasteiger partial charge in [0.15, 0.2) is 0 Å². The first kappa shape index (κ1) is 14.7. The lowest BCUT2D eigenvalue weighted by molar-refractivity contribution is 0.0878. The summed E-state index contributed by atoms with van der Waals surface area (Å²) in [7, 11) is 0. The van der Waals surface area contributed by atoms with Gasteiger partial charge >= 0.3 is 0 Å². The molecule has 23 heavy (non-hydrogen) atoms. The maximum Gasteiger partial charge on any atom is 0.255 e. The van der Waals surface area contributed by atoms with Crippen molar-refractivity contribution < 1.29 is 4.79 Å². The zero-order chi connectivity index (χ0) is 15.9. The minimum Gasteiger partial charge on any atom is -0.345 e. The van der Waals surface area contributed by atoms with Crippen molar-refractivity contribution in [1.82, 2.24) is 20.4 Å².